The zero-order valence-electron chi connectivity index (χ0n) is 11.3. The van der Waals surface area contributed by atoms with Crippen LogP contribution in [-0.2, 0) is 6.42 Å². The number of para-hydroxylation sites is 1. The van der Waals surface area contributed by atoms with Gasteiger partial charge in [-0.3, -0.25) is 4.99 Å². The number of hydrogen-bond acceptors (Lipinski definition) is 3. The molecule has 0 saturated carbocycles. The van der Waals surface area contributed by atoms with Gasteiger partial charge in [-0.25, -0.2) is 0 Å². The fraction of sp³-hybridized carbons (Fsp3) is 0.235. The molecule has 2 aliphatic heterocycles. The summed E-state index contributed by atoms with van der Waals surface area (Å²) in [7, 11) is 0. The van der Waals surface area contributed by atoms with Crippen molar-refractivity contribution in [3.63, 3.8) is 0 Å². The second-order valence-electron chi connectivity index (χ2n) is 5.42. The Morgan fingerprint density at radius 2 is 1.75 bits per heavy atom. The number of rotatable bonds is 0. The van der Waals surface area contributed by atoms with Crippen LogP contribution in [0.4, 0.5) is 5.69 Å². The van der Waals surface area contributed by atoms with Gasteiger partial charge in [0, 0.05) is 12.2 Å². The van der Waals surface area contributed by atoms with Crippen LogP contribution in [0.5, 0.6) is 0 Å². The predicted molar refractivity (Wildman–Crippen MR) is 82.0 cm³/mol. The molecule has 4 rings (SSSR count). The minimum absolute atomic E-state index is 0.312. The topological polar surface area (TPSA) is 41.6 Å². The maximum atomic E-state index is 6.21. The third kappa shape index (κ3) is 1.63. The number of benzene rings is 2. The fourth-order valence-corrected chi connectivity index (χ4v) is 3.37. The second kappa shape index (κ2) is 4.37. The van der Waals surface area contributed by atoms with E-state index in [-0.39, 0.29) is 0 Å². The largest absolute Gasteiger partial charge is 0.369 e. The Balaban J connectivity index is 1.98. The number of fused-ring (bicyclic) bond motifs is 5. The quantitative estimate of drug-likeness (QED) is 0.794. The summed E-state index contributed by atoms with van der Waals surface area (Å²) in [6.07, 6.45) is 1.98. The van der Waals surface area contributed by atoms with Crippen molar-refractivity contribution in [1.82, 2.24) is 0 Å². The van der Waals surface area contributed by atoms with Crippen LogP contribution < -0.4 is 10.6 Å². The molecule has 2 aliphatic rings. The standard InChI is InChI=1S/C17H17N3/c18-17-19-10-9-16-14-7-3-1-5-12(14)11-13-6-2-4-8-15(13)20(16)17/h1-8,16H,9-11H2,(H2,18,19). The van der Waals surface area contributed by atoms with Gasteiger partial charge < -0.3 is 10.6 Å². The van der Waals surface area contributed by atoms with Gasteiger partial charge in [0.25, 0.3) is 0 Å². The molecule has 2 aromatic carbocycles. The summed E-state index contributed by atoms with van der Waals surface area (Å²) in [6.45, 7) is 0.809. The molecular formula is C17H17N3. The van der Waals surface area contributed by atoms with E-state index >= 15 is 0 Å². The Kier molecular flexibility index (Phi) is 2.52. The lowest BCUT2D eigenvalue weighted by Crippen LogP contribution is -2.43. The predicted octanol–water partition coefficient (Wildman–Crippen LogP) is 2.86. The second-order valence-corrected chi connectivity index (χ2v) is 5.42. The van der Waals surface area contributed by atoms with Crippen molar-refractivity contribution in [1.29, 1.82) is 0 Å². The summed E-state index contributed by atoms with van der Waals surface area (Å²) in [4.78, 5) is 6.66. The highest BCUT2D eigenvalue weighted by atomic mass is 15.3. The van der Waals surface area contributed by atoms with Crippen molar-refractivity contribution in [3.8, 4) is 0 Å². The van der Waals surface area contributed by atoms with Crippen LogP contribution in [0.2, 0.25) is 0 Å². The molecule has 2 N–H and O–H groups in total. The van der Waals surface area contributed by atoms with Gasteiger partial charge in [-0.2, -0.15) is 0 Å². The van der Waals surface area contributed by atoms with Crippen LogP contribution >= 0.6 is 0 Å². The maximum absolute atomic E-state index is 6.21. The molecule has 20 heavy (non-hydrogen) atoms. The Morgan fingerprint density at radius 3 is 2.65 bits per heavy atom. The molecule has 0 aliphatic carbocycles. The molecule has 2 aromatic rings. The molecule has 0 aromatic heterocycles. The van der Waals surface area contributed by atoms with E-state index in [2.05, 4.69) is 58.4 Å². The normalized spacial score (nSPS) is 20.3. The molecule has 2 heterocycles. The molecular weight excluding hydrogens is 246 g/mol. The number of guanidine groups is 1. The lowest BCUT2D eigenvalue weighted by molar-refractivity contribution is 0.622. The molecule has 1 unspecified atom stereocenters. The van der Waals surface area contributed by atoms with Crippen molar-refractivity contribution in [2.45, 2.75) is 18.9 Å². The Bertz CT molecular complexity index is 690. The zero-order valence-corrected chi connectivity index (χ0v) is 11.3. The van der Waals surface area contributed by atoms with E-state index in [9.17, 15) is 0 Å². The monoisotopic (exact) mass is 263 g/mol. The summed E-state index contributed by atoms with van der Waals surface area (Å²) in [5.41, 5.74) is 11.5. The number of anilines is 1. The highest BCUT2D eigenvalue weighted by Gasteiger charge is 2.32. The molecule has 0 amide bonds. The van der Waals surface area contributed by atoms with E-state index in [1.807, 2.05) is 0 Å². The Labute approximate surface area is 118 Å². The lowest BCUT2D eigenvalue weighted by atomic mass is 9.95. The summed E-state index contributed by atoms with van der Waals surface area (Å²) >= 11 is 0. The third-order valence-corrected chi connectivity index (χ3v) is 4.28. The Hall–Kier alpha value is -2.29. The van der Waals surface area contributed by atoms with Crippen molar-refractivity contribution in [2.24, 2.45) is 10.7 Å². The first-order chi connectivity index (χ1) is 9.84. The van der Waals surface area contributed by atoms with Gasteiger partial charge in [0.05, 0.1) is 6.04 Å². The van der Waals surface area contributed by atoms with Crippen LogP contribution in [0.3, 0.4) is 0 Å². The van der Waals surface area contributed by atoms with Gasteiger partial charge in [-0.1, -0.05) is 42.5 Å². The van der Waals surface area contributed by atoms with Crippen LogP contribution in [0, 0.1) is 0 Å². The number of nitrogens with zero attached hydrogens (tertiary/aromatic N) is 2. The third-order valence-electron chi connectivity index (χ3n) is 4.28. The van der Waals surface area contributed by atoms with E-state index < -0.39 is 0 Å². The minimum Gasteiger partial charge on any atom is -0.369 e. The summed E-state index contributed by atoms with van der Waals surface area (Å²) < 4.78 is 0. The highest BCUT2D eigenvalue weighted by Crippen LogP contribution is 2.39. The molecule has 1 atom stereocenters. The highest BCUT2D eigenvalue weighted by molar-refractivity contribution is 5.97. The van der Waals surface area contributed by atoms with Crippen LogP contribution in [-0.4, -0.2) is 12.5 Å². The molecule has 0 radical (unpaired) electrons. The first kappa shape index (κ1) is 11.5. The minimum atomic E-state index is 0.312. The van der Waals surface area contributed by atoms with Gasteiger partial charge in [-0.15, -0.1) is 0 Å². The summed E-state index contributed by atoms with van der Waals surface area (Å²) in [6, 6.07) is 17.5. The van der Waals surface area contributed by atoms with E-state index in [1.54, 1.807) is 0 Å². The van der Waals surface area contributed by atoms with Crippen molar-refractivity contribution >= 4 is 11.6 Å². The maximum Gasteiger partial charge on any atom is 0.196 e. The van der Waals surface area contributed by atoms with E-state index in [0.717, 1.165) is 19.4 Å². The Morgan fingerprint density at radius 1 is 1.00 bits per heavy atom. The average Bonchev–Trinajstić information content (AvgIpc) is 2.62. The van der Waals surface area contributed by atoms with Gasteiger partial charge in [0.1, 0.15) is 0 Å². The van der Waals surface area contributed by atoms with Crippen LogP contribution in [0.1, 0.15) is 29.2 Å². The van der Waals surface area contributed by atoms with Crippen molar-refractivity contribution < 1.29 is 0 Å². The molecule has 3 nitrogen and oxygen atoms in total. The van der Waals surface area contributed by atoms with Gasteiger partial charge in [0.15, 0.2) is 5.96 Å². The molecule has 0 saturated heterocycles. The molecule has 0 fully saturated rings. The number of nitrogens with two attached hydrogens (primary N) is 1. The van der Waals surface area contributed by atoms with E-state index in [4.69, 9.17) is 5.73 Å². The lowest BCUT2D eigenvalue weighted by Gasteiger charge is -2.35. The SMILES string of the molecule is NC1=NCCC2c3ccccc3Cc3ccccc3N12. The van der Waals surface area contributed by atoms with Gasteiger partial charge in [0.2, 0.25) is 0 Å². The van der Waals surface area contributed by atoms with Crippen LogP contribution in [0.25, 0.3) is 0 Å². The molecule has 0 bridgehead atoms. The smallest absolute Gasteiger partial charge is 0.196 e. The van der Waals surface area contributed by atoms with E-state index in [1.165, 1.54) is 22.4 Å². The summed E-state index contributed by atoms with van der Waals surface area (Å²) in [5.74, 6) is 0.644. The average molecular weight is 263 g/mol. The number of hydrogen-bond donors (Lipinski definition) is 1. The molecule has 0 spiro atoms. The fourth-order valence-electron chi connectivity index (χ4n) is 3.37. The molecule has 3 heteroatoms. The molecule has 100 valence electrons. The summed E-state index contributed by atoms with van der Waals surface area (Å²) in [5, 5.41) is 0. The first-order valence-electron chi connectivity index (χ1n) is 7.09. The van der Waals surface area contributed by atoms with Gasteiger partial charge in [-0.05, 0) is 35.6 Å². The van der Waals surface area contributed by atoms with Crippen LogP contribution in [0.15, 0.2) is 53.5 Å². The van der Waals surface area contributed by atoms with E-state index in [0.29, 0.717) is 12.0 Å². The van der Waals surface area contributed by atoms with Crippen molar-refractivity contribution in [2.75, 3.05) is 11.4 Å². The first-order valence-corrected chi connectivity index (χ1v) is 7.09. The van der Waals surface area contributed by atoms with Gasteiger partial charge >= 0.3 is 0 Å². The zero-order chi connectivity index (χ0) is 13.5. The van der Waals surface area contributed by atoms with Crippen molar-refractivity contribution in [3.05, 3.63) is 65.2 Å². The number of aliphatic imine (C=N–C) groups is 1.